The summed E-state index contributed by atoms with van der Waals surface area (Å²) < 4.78 is 39.5. The molecule has 194 valence electrons. The number of fused-ring (bicyclic) bond motifs is 1. The largest absolute Gasteiger partial charge is 0.491 e. The standard InChI is InChI=1S/C28H28F2N2O4S/c29-19-7-9-20(10-8-19)36-18-25-23-12-15-37-26(23)11-13-32(25)27(33)17-31(16-21-4-3-14-35-21)28(34)22-5-1-2-6-24(22)30/h1-2,5-10,12,15,21,25H,3-4,11,13-14,16-18H2. The number of amides is 2. The molecule has 5 rings (SSSR count). The predicted octanol–water partition coefficient (Wildman–Crippen LogP) is 4.85. The molecule has 0 saturated carbocycles. The van der Waals surface area contributed by atoms with Crippen molar-refractivity contribution in [2.75, 3.05) is 32.8 Å². The highest BCUT2D eigenvalue weighted by atomic mass is 32.1. The summed E-state index contributed by atoms with van der Waals surface area (Å²) >= 11 is 1.64. The predicted molar refractivity (Wildman–Crippen MR) is 136 cm³/mol. The third kappa shape index (κ3) is 5.83. The molecule has 0 bridgehead atoms. The molecule has 2 aromatic carbocycles. The molecule has 3 aromatic rings. The number of carbonyl (C=O) groups excluding carboxylic acids is 2. The van der Waals surface area contributed by atoms with Crippen LogP contribution in [-0.2, 0) is 16.0 Å². The van der Waals surface area contributed by atoms with E-state index in [1.807, 2.05) is 11.4 Å². The Balaban J connectivity index is 1.36. The summed E-state index contributed by atoms with van der Waals surface area (Å²) in [7, 11) is 0. The highest BCUT2D eigenvalue weighted by molar-refractivity contribution is 7.10. The number of hydrogen-bond donors (Lipinski definition) is 0. The topological polar surface area (TPSA) is 59.1 Å². The van der Waals surface area contributed by atoms with Crippen molar-refractivity contribution in [2.45, 2.75) is 31.4 Å². The maximum absolute atomic E-state index is 14.5. The summed E-state index contributed by atoms with van der Waals surface area (Å²) in [6.07, 6.45) is 2.19. The van der Waals surface area contributed by atoms with Gasteiger partial charge in [-0.3, -0.25) is 9.59 Å². The number of nitrogens with zero attached hydrogens (tertiary/aromatic N) is 2. The van der Waals surface area contributed by atoms with Gasteiger partial charge in [0.25, 0.3) is 5.91 Å². The molecule has 1 fully saturated rings. The van der Waals surface area contributed by atoms with E-state index in [4.69, 9.17) is 9.47 Å². The second kappa shape index (κ2) is 11.4. The van der Waals surface area contributed by atoms with Gasteiger partial charge in [-0.15, -0.1) is 11.3 Å². The number of carbonyl (C=O) groups is 2. The Morgan fingerprint density at radius 2 is 1.92 bits per heavy atom. The average molecular weight is 527 g/mol. The fraction of sp³-hybridized carbons (Fsp3) is 0.357. The minimum atomic E-state index is -0.622. The van der Waals surface area contributed by atoms with Gasteiger partial charge in [-0.1, -0.05) is 12.1 Å². The maximum atomic E-state index is 14.5. The lowest BCUT2D eigenvalue weighted by Gasteiger charge is -2.37. The summed E-state index contributed by atoms with van der Waals surface area (Å²) in [6, 6.07) is 13.2. The lowest BCUT2D eigenvalue weighted by Crippen LogP contribution is -2.49. The zero-order valence-electron chi connectivity index (χ0n) is 20.3. The molecule has 2 aliphatic heterocycles. The fourth-order valence-corrected chi connectivity index (χ4v) is 5.82. The van der Waals surface area contributed by atoms with Crippen LogP contribution in [0.3, 0.4) is 0 Å². The van der Waals surface area contributed by atoms with Gasteiger partial charge in [-0.2, -0.15) is 0 Å². The molecule has 0 N–H and O–H groups in total. The van der Waals surface area contributed by atoms with Crippen LogP contribution in [0, 0.1) is 11.6 Å². The van der Waals surface area contributed by atoms with Gasteiger partial charge < -0.3 is 19.3 Å². The fourth-order valence-electron chi connectivity index (χ4n) is 4.89. The molecule has 6 nitrogen and oxygen atoms in total. The molecule has 2 atom stereocenters. The molecule has 0 radical (unpaired) electrons. The molecule has 2 amide bonds. The van der Waals surface area contributed by atoms with Gasteiger partial charge in [0.15, 0.2) is 0 Å². The molecule has 1 aromatic heterocycles. The summed E-state index contributed by atoms with van der Waals surface area (Å²) in [5.41, 5.74) is 0.945. The van der Waals surface area contributed by atoms with E-state index in [0.29, 0.717) is 25.3 Å². The van der Waals surface area contributed by atoms with Gasteiger partial charge in [0, 0.05) is 24.6 Å². The third-order valence-electron chi connectivity index (χ3n) is 6.80. The van der Waals surface area contributed by atoms with Crippen LogP contribution in [0.4, 0.5) is 8.78 Å². The lowest BCUT2D eigenvalue weighted by atomic mass is 10.00. The number of halogens is 2. The molecular formula is C28H28F2N2O4S. The molecule has 2 aliphatic rings. The third-order valence-corrected chi connectivity index (χ3v) is 7.80. The van der Waals surface area contributed by atoms with Crippen LogP contribution in [0.25, 0.3) is 0 Å². The van der Waals surface area contributed by atoms with Crippen LogP contribution < -0.4 is 4.74 Å². The first-order valence-corrected chi connectivity index (χ1v) is 13.3. The first-order chi connectivity index (χ1) is 18.0. The molecule has 2 unspecified atom stereocenters. The molecule has 9 heteroatoms. The molecule has 3 heterocycles. The zero-order valence-corrected chi connectivity index (χ0v) is 21.1. The summed E-state index contributed by atoms with van der Waals surface area (Å²) in [4.78, 5) is 31.4. The van der Waals surface area contributed by atoms with Crippen molar-refractivity contribution in [3.63, 3.8) is 0 Å². The van der Waals surface area contributed by atoms with E-state index in [9.17, 15) is 18.4 Å². The Morgan fingerprint density at radius 1 is 1.11 bits per heavy atom. The molecule has 1 saturated heterocycles. The van der Waals surface area contributed by atoms with Crippen LogP contribution in [0.1, 0.15) is 39.7 Å². The Morgan fingerprint density at radius 3 is 2.68 bits per heavy atom. The molecule has 0 aliphatic carbocycles. The van der Waals surface area contributed by atoms with Crippen molar-refractivity contribution in [1.29, 1.82) is 0 Å². The van der Waals surface area contributed by atoms with Gasteiger partial charge in [0.1, 0.15) is 30.5 Å². The van der Waals surface area contributed by atoms with Gasteiger partial charge >= 0.3 is 0 Å². The summed E-state index contributed by atoms with van der Waals surface area (Å²) in [6.45, 7) is 1.29. The van der Waals surface area contributed by atoms with Crippen molar-refractivity contribution < 1.29 is 27.8 Å². The minimum Gasteiger partial charge on any atom is -0.491 e. The van der Waals surface area contributed by atoms with Crippen LogP contribution in [0.5, 0.6) is 5.75 Å². The van der Waals surface area contributed by atoms with Crippen molar-refractivity contribution >= 4 is 23.2 Å². The Hall–Kier alpha value is -3.30. The van der Waals surface area contributed by atoms with Crippen molar-refractivity contribution in [1.82, 2.24) is 9.80 Å². The van der Waals surface area contributed by atoms with Gasteiger partial charge in [-0.25, -0.2) is 8.78 Å². The molecule has 0 spiro atoms. The number of rotatable bonds is 8. The van der Waals surface area contributed by atoms with Gasteiger partial charge in [0.05, 0.1) is 17.7 Å². The number of thiophene rings is 1. The maximum Gasteiger partial charge on any atom is 0.257 e. The number of ether oxygens (including phenoxy) is 2. The van der Waals surface area contributed by atoms with Crippen LogP contribution in [0.2, 0.25) is 0 Å². The first-order valence-electron chi connectivity index (χ1n) is 12.4. The smallest absolute Gasteiger partial charge is 0.257 e. The first kappa shape index (κ1) is 25.4. The summed E-state index contributed by atoms with van der Waals surface area (Å²) in [5, 5.41) is 2.00. The monoisotopic (exact) mass is 526 g/mol. The highest BCUT2D eigenvalue weighted by Crippen LogP contribution is 2.34. The van der Waals surface area contributed by atoms with Crippen molar-refractivity contribution in [3.05, 3.63) is 87.6 Å². The van der Waals surface area contributed by atoms with Crippen LogP contribution >= 0.6 is 11.3 Å². The quantitative estimate of drug-likeness (QED) is 0.421. The minimum absolute atomic E-state index is 0.0664. The van der Waals surface area contributed by atoms with Crippen LogP contribution in [0.15, 0.2) is 60.0 Å². The van der Waals surface area contributed by atoms with E-state index in [2.05, 4.69) is 0 Å². The highest BCUT2D eigenvalue weighted by Gasteiger charge is 2.35. The lowest BCUT2D eigenvalue weighted by molar-refractivity contribution is -0.135. The van der Waals surface area contributed by atoms with E-state index in [0.717, 1.165) is 18.4 Å². The number of benzene rings is 2. The Labute approximate surface area is 218 Å². The Bertz CT molecular complexity index is 1240. The van der Waals surface area contributed by atoms with E-state index in [-0.39, 0.29) is 49.1 Å². The summed E-state index contributed by atoms with van der Waals surface area (Å²) in [5.74, 6) is -1.25. The number of hydrogen-bond acceptors (Lipinski definition) is 5. The molecule has 37 heavy (non-hydrogen) atoms. The second-order valence-electron chi connectivity index (χ2n) is 9.22. The van der Waals surface area contributed by atoms with Crippen molar-refractivity contribution in [3.8, 4) is 5.75 Å². The van der Waals surface area contributed by atoms with Crippen LogP contribution in [-0.4, -0.2) is 60.6 Å². The van der Waals surface area contributed by atoms with Gasteiger partial charge in [0.2, 0.25) is 5.91 Å². The van der Waals surface area contributed by atoms with E-state index < -0.39 is 11.7 Å². The van der Waals surface area contributed by atoms with Gasteiger partial charge in [-0.05, 0) is 72.7 Å². The molecular weight excluding hydrogens is 498 g/mol. The zero-order chi connectivity index (χ0) is 25.8. The van der Waals surface area contributed by atoms with E-state index >= 15 is 0 Å². The second-order valence-corrected chi connectivity index (χ2v) is 10.2. The average Bonchev–Trinajstić information content (AvgIpc) is 3.60. The van der Waals surface area contributed by atoms with E-state index in [1.54, 1.807) is 34.4 Å². The Kier molecular flexibility index (Phi) is 7.81. The normalized spacial score (nSPS) is 18.9. The van der Waals surface area contributed by atoms with E-state index in [1.165, 1.54) is 40.1 Å². The van der Waals surface area contributed by atoms with Crippen molar-refractivity contribution in [2.24, 2.45) is 0 Å². The SMILES string of the molecule is O=C(c1ccccc1F)N(CC(=O)N1CCc2sccc2C1COc1ccc(F)cc1)CC1CCCO1.